The number of aryl methyl sites for hydroxylation is 1. The Morgan fingerprint density at radius 1 is 1.20 bits per heavy atom. The van der Waals surface area contributed by atoms with E-state index < -0.39 is 5.97 Å². The fraction of sp³-hybridized carbons (Fsp3) is 0.364. The van der Waals surface area contributed by atoms with Crippen LogP contribution >= 0.6 is 12.4 Å². The number of carboxylic acid groups (broad SMARTS) is 1. The molecule has 1 aromatic carbocycles. The normalized spacial score (nSPS) is 9.40. The molecule has 3 N–H and O–H groups in total. The van der Waals surface area contributed by atoms with E-state index in [1.165, 1.54) is 5.56 Å². The first-order chi connectivity index (χ1) is 6.72. The molecule has 0 aliphatic carbocycles. The van der Waals surface area contributed by atoms with Crippen LogP contribution in [0.4, 0.5) is 0 Å². The van der Waals surface area contributed by atoms with Crippen LogP contribution in [0, 0.1) is 0 Å². The van der Waals surface area contributed by atoms with Crippen molar-refractivity contribution in [3.05, 3.63) is 35.4 Å². The van der Waals surface area contributed by atoms with Crippen LogP contribution in [0.2, 0.25) is 0 Å². The summed E-state index contributed by atoms with van der Waals surface area (Å²) in [6.07, 6.45) is 1.74. The second kappa shape index (κ2) is 7.26. The minimum atomic E-state index is -0.733. The molecule has 1 rings (SSSR count). The Bertz CT molecular complexity index is 298. The molecule has 3 nitrogen and oxygen atoms in total. The summed E-state index contributed by atoms with van der Waals surface area (Å²) < 4.78 is 0. The Balaban J connectivity index is 0.00000196. The van der Waals surface area contributed by atoms with Crippen molar-refractivity contribution >= 4 is 18.4 Å². The molecule has 0 saturated carbocycles. The van der Waals surface area contributed by atoms with Crippen molar-refractivity contribution in [2.45, 2.75) is 25.8 Å². The van der Waals surface area contributed by atoms with Gasteiger partial charge in [0.1, 0.15) is 0 Å². The number of carboxylic acids is 1. The fourth-order valence-corrected chi connectivity index (χ4v) is 1.29. The van der Waals surface area contributed by atoms with Gasteiger partial charge in [0, 0.05) is 13.0 Å². The molecule has 0 unspecified atom stereocenters. The van der Waals surface area contributed by atoms with E-state index in [0.29, 0.717) is 13.0 Å². The number of carbonyl (C=O) groups is 1. The second-order valence-corrected chi connectivity index (χ2v) is 3.27. The van der Waals surface area contributed by atoms with Gasteiger partial charge in [0.05, 0.1) is 0 Å². The van der Waals surface area contributed by atoms with Gasteiger partial charge in [-0.25, -0.2) is 0 Å². The molecule has 0 atom stereocenters. The molecular formula is C11H16ClNO2. The van der Waals surface area contributed by atoms with Crippen molar-refractivity contribution in [3.63, 3.8) is 0 Å². The lowest BCUT2D eigenvalue weighted by Gasteiger charge is -2.01. The third kappa shape index (κ3) is 5.40. The molecule has 0 aromatic heterocycles. The van der Waals surface area contributed by atoms with Gasteiger partial charge in [-0.3, -0.25) is 4.79 Å². The van der Waals surface area contributed by atoms with Gasteiger partial charge in [-0.2, -0.15) is 0 Å². The Kier molecular flexibility index (Phi) is 6.75. The Morgan fingerprint density at radius 3 is 2.20 bits per heavy atom. The van der Waals surface area contributed by atoms with Crippen LogP contribution in [-0.2, 0) is 17.8 Å². The molecule has 0 spiro atoms. The number of nitrogens with two attached hydrogens (primary N) is 1. The third-order valence-corrected chi connectivity index (χ3v) is 2.11. The minimum Gasteiger partial charge on any atom is -0.481 e. The van der Waals surface area contributed by atoms with Gasteiger partial charge in [0.15, 0.2) is 0 Å². The SMILES string of the molecule is Cl.NCc1ccc(CCCC(=O)O)cc1. The lowest BCUT2D eigenvalue weighted by Crippen LogP contribution is -1.97. The maximum Gasteiger partial charge on any atom is 0.303 e. The highest BCUT2D eigenvalue weighted by Gasteiger charge is 1.98. The van der Waals surface area contributed by atoms with Crippen LogP contribution in [0.3, 0.4) is 0 Å². The summed E-state index contributed by atoms with van der Waals surface area (Å²) in [5.41, 5.74) is 7.74. The topological polar surface area (TPSA) is 63.3 Å². The van der Waals surface area contributed by atoms with E-state index in [-0.39, 0.29) is 18.8 Å². The highest BCUT2D eigenvalue weighted by atomic mass is 35.5. The summed E-state index contributed by atoms with van der Waals surface area (Å²) in [5.74, 6) is -0.733. The molecule has 0 saturated heterocycles. The van der Waals surface area contributed by atoms with Crippen LogP contribution in [-0.4, -0.2) is 11.1 Å². The number of hydrogen-bond donors (Lipinski definition) is 2. The van der Waals surface area contributed by atoms with E-state index in [0.717, 1.165) is 12.0 Å². The Labute approximate surface area is 95.7 Å². The number of hydrogen-bond acceptors (Lipinski definition) is 2. The second-order valence-electron chi connectivity index (χ2n) is 3.27. The number of halogens is 1. The van der Waals surface area contributed by atoms with Crippen molar-refractivity contribution in [3.8, 4) is 0 Å². The van der Waals surface area contributed by atoms with Crippen molar-refractivity contribution in [1.29, 1.82) is 0 Å². The average molecular weight is 230 g/mol. The summed E-state index contributed by atoms with van der Waals surface area (Å²) in [5, 5.41) is 8.46. The zero-order valence-corrected chi connectivity index (χ0v) is 9.30. The van der Waals surface area contributed by atoms with Crippen molar-refractivity contribution < 1.29 is 9.90 Å². The lowest BCUT2D eigenvalue weighted by atomic mass is 10.1. The summed E-state index contributed by atoms with van der Waals surface area (Å²) in [6, 6.07) is 7.97. The summed E-state index contributed by atoms with van der Waals surface area (Å²) in [4.78, 5) is 10.3. The highest BCUT2D eigenvalue weighted by Crippen LogP contribution is 2.07. The van der Waals surface area contributed by atoms with Gasteiger partial charge in [0.25, 0.3) is 0 Å². The van der Waals surface area contributed by atoms with Crippen molar-refractivity contribution in [2.24, 2.45) is 5.73 Å². The molecule has 84 valence electrons. The van der Waals surface area contributed by atoms with E-state index in [1.54, 1.807) is 0 Å². The molecule has 15 heavy (non-hydrogen) atoms. The molecule has 1 aromatic rings. The zero-order chi connectivity index (χ0) is 10.4. The summed E-state index contributed by atoms with van der Waals surface area (Å²) in [7, 11) is 0. The predicted octanol–water partition coefficient (Wildman–Crippen LogP) is 1.97. The zero-order valence-electron chi connectivity index (χ0n) is 8.48. The Morgan fingerprint density at radius 2 is 1.73 bits per heavy atom. The van der Waals surface area contributed by atoms with Gasteiger partial charge in [-0.05, 0) is 24.0 Å². The molecule has 0 radical (unpaired) electrons. The summed E-state index contributed by atoms with van der Waals surface area (Å²) >= 11 is 0. The van der Waals surface area contributed by atoms with Gasteiger partial charge < -0.3 is 10.8 Å². The number of aliphatic carboxylic acids is 1. The fourth-order valence-electron chi connectivity index (χ4n) is 1.29. The lowest BCUT2D eigenvalue weighted by molar-refractivity contribution is -0.137. The van der Waals surface area contributed by atoms with E-state index in [1.807, 2.05) is 24.3 Å². The molecule has 0 heterocycles. The molecule has 0 aliphatic rings. The monoisotopic (exact) mass is 229 g/mol. The van der Waals surface area contributed by atoms with Crippen LogP contribution in [0.15, 0.2) is 24.3 Å². The van der Waals surface area contributed by atoms with E-state index >= 15 is 0 Å². The molecule has 0 amide bonds. The van der Waals surface area contributed by atoms with E-state index in [2.05, 4.69) is 0 Å². The maximum absolute atomic E-state index is 10.3. The first-order valence-electron chi connectivity index (χ1n) is 4.72. The van der Waals surface area contributed by atoms with Crippen LogP contribution < -0.4 is 5.73 Å². The number of rotatable bonds is 5. The first kappa shape index (κ1) is 13.9. The molecular weight excluding hydrogens is 214 g/mol. The van der Waals surface area contributed by atoms with Gasteiger partial charge >= 0.3 is 5.97 Å². The quantitative estimate of drug-likeness (QED) is 0.812. The molecule has 0 aliphatic heterocycles. The molecule has 0 fully saturated rings. The maximum atomic E-state index is 10.3. The number of benzene rings is 1. The minimum absolute atomic E-state index is 0. The van der Waals surface area contributed by atoms with Crippen molar-refractivity contribution in [1.82, 2.24) is 0 Å². The average Bonchev–Trinajstić information content (AvgIpc) is 2.18. The van der Waals surface area contributed by atoms with Crippen LogP contribution in [0.1, 0.15) is 24.0 Å². The van der Waals surface area contributed by atoms with Crippen LogP contribution in [0.5, 0.6) is 0 Å². The predicted molar refractivity (Wildman–Crippen MR) is 62.2 cm³/mol. The first-order valence-corrected chi connectivity index (χ1v) is 4.72. The van der Waals surface area contributed by atoms with Gasteiger partial charge in [-0.1, -0.05) is 24.3 Å². The highest BCUT2D eigenvalue weighted by molar-refractivity contribution is 5.85. The van der Waals surface area contributed by atoms with E-state index in [9.17, 15) is 4.79 Å². The Hall–Kier alpha value is -1.06. The summed E-state index contributed by atoms with van der Waals surface area (Å²) in [6.45, 7) is 0.551. The molecule has 0 bridgehead atoms. The smallest absolute Gasteiger partial charge is 0.303 e. The molecule has 4 heteroatoms. The van der Waals surface area contributed by atoms with Gasteiger partial charge in [0.2, 0.25) is 0 Å². The van der Waals surface area contributed by atoms with Crippen LogP contribution in [0.25, 0.3) is 0 Å². The van der Waals surface area contributed by atoms with Gasteiger partial charge in [-0.15, -0.1) is 12.4 Å². The largest absolute Gasteiger partial charge is 0.481 e. The standard InChI is InChI=1S/C11H15NO2.ClH/c12-8-10-6-4-9(5-7-10)2-1-3-11(13)14;/h4-7H,1-3,8,12H2,(H,13,14);1H. The van der Waals surface area contributed by atoms with E-state index in [4.69, 9.17) is 10.8 Å². The van der Waals surface area contributed by atoms with Crippen molar-refractivity contribution in [2.75, 3.05) is 0 Å². The third-order valence-electron chi connectivity index (χ3n) is 2.11.